The lowest BCUT2D eigenvalue weighted by molar-refractivity contribution is -0.141. The number of nitrogens with one attached hydrogen (secondary N) is 2. The van der Waals surface area contributed by atoms with Crippen LogP contribution in [0.1, 0.15) is 75.9 Å². The second-order valence-corrected chi connectivity index (χ2v) is 15.3. The van der Waals surface area contributed by atoms with Gasteiger partial charge in [-0.2, -0.15) is 0 Å². The van der Waals surface area contributed by atoms with Crippen LogP contribution in [0.15, 0.2) is 40.4 Å². The van der Waals surface area contributed by atoms with Crippen molar-refractivity contribution in [1.82, 2.24) is 30.6 Å². The van der Waals surface area contributed by atoms with E-state index in [1.807, 2.05) is 63.5 Å². The van der Waals surface area contributed by atoms with Crippen LogP contribution in [0, 0.1) is 12.8 Å². The monoisotopic (exact) mass is 695 g/mol. The molecule has 5 heterocycles. The van der Waals surface area contributed by atoms with E-state index in [2.05, 4.69) is 37.5 Å². The van der Waals surface area contributed by atoms with Gasteiger partial charge in [-0.3, -0.25) is 14.5 Å². The number of hydrogen-bond donors (Lipinski definition) is 3. The van der Waals surface area contributed by atoms with Crippen LogP contribution in [-0.4, -0.2) is 107 Å². The molecular weight excluding hydrogens is 646 g/mol. The number of aromatic nitrogens is 2. The van der Waals surface area contributed by atoms with Gasteiger partial charge in [-0.15, -0.1) is 11.3 Å². The molecule has 5 atom stereocenters. The average Bonchev–Trinajstić information content (AvgIpc) is 3.82. The molecule has 1 aromatic carbocycles. The highest BCUT2D eigenvalue weighted by Gasteiger charge is 2.44. The number of aliphatic hydroxyl groups excluding tert-OH is 1. The first-order valence-electron chi connectivity index (χ1n) is 17.6. The van der Waals surface area contributed by atoms with Gasteiger partial charge in [0.1, 0.15) is 17.6 Å². The standard InChI is InChI=1S/C36H50FN7O4S/c1-22(2)32(30-17-31(41-48-30)42-14-15-43(23(3)18-42)20-36(37)10-12-38-13-11-36)35(47)44-19-28(45)16-29(44)34(46)40-24(4)26-6-8-27(9-7-26)33-25(5)39-21-49-33/h6-9,17,21-24,28-29,32,38,45H,10-16,18-20H2,1-5H3,(H,40,46)/t23-,24?,28-,29+,32?/m1/s1. The van der Waals surface area contributed by atoms with Crippen molar-refractivity contribution < 1.29 is 23.6 Å². The zero-order chi connectivity index (χ0) is 34.9. The molecule has 266 valence electrons. The number of halogens is 1. The van der Waals surface area contributed by atoms with Crippen LogP contribution in [0.25, 0.3) is 10.4 Å². The third-order valence-electron chi connectivity index (χ3n) is 10.5. The van der Waals surface area contributed by atoms with Gasteiger partial charge in [-0.25, -0.2) is 9.37 Å². The fraction of sp³-hybridized carbons (Fsp3) is 0.611. The van der Waals surface area contributed by atoms with Crippen molar-refractivity contribution in [2.75, 3.05) is 50.7 Å². The molecule has 0 aliphatic carbocycles. The van der Waals surface area contributed by atoms with Gasteiger partial charge in [0.25, 0.3) is 0 Å². The van der Waals surface area contributed by atoms with E-state index in [0.29, 0.717) is 63.7 Å². The van der Waals surface area contributed by atoms with Crippen LogP contribution >= 0.6 is 11.3 Å². The molecule has 3 aliphatic heterocycles. The number of carbonyl (C=O) groups is 2. The number of nitrogens with zero attached hydrogens (tertiary/aromatic N) is 5. The summed E-state index contributed by atoms with van der Waals surface area (Å²) in [5.41, 5.74) is 3.68. The van der Waals surface area contributed by atoms with Crippen LogP contribution < -0.4 is 15.5 Å². The summed E-state index contributed by atoms with van der Waals surface area (Å²) in [7, 11) is 0. The molecule has 0 bridgehead atoms. The number of β-amino-alcohol motifs (C(OH)–C–C–N with tert-alkyl or cyclic N) is 1. The molecule has 2 unspecified atom stereocenters. The number of alkyl halides is 1. The van der Waals surface area contributed by atoms with Crippen LogP contribution in [0.3, 0.4) is 0 Å². The number of likely N-dealkylation sites (tertiary alicyclic amines) is 1. The van der Waals surface area contributed by atoms with Crippen LogP contribution in [0.4, 0.5) is 10.2 Å². The molecule has 2 aromatic heterocycles. The highest BCUT2D eigenvalue weighted by atomic mass is 32.1. The number of amides is 2. The fourth-order valence-corrected chi connectivity index (χ4v) is 8.34. The zero-order valence-corrected chi connectivity index (χ0v) is 30.0. The largest absolute Gasteiger partial charge is 0.391 e. The summed E-state index contributed by atoms with van der Waals surface area (Å²) in [5.74, 6) is -0.292. The van der Waals surface area contributed by atoms with Gasteiger partial charge in [0, 0.05) is 51.3 Å². The zero-order valence-electron chi connectivity index (χ0n) is 29.2. The van der Waals surface area contributed by atoms with E-state index in [1.165, 1.54) is 4.90 Å². The van der Waals surface area contributed by atoms with E-state index in [9.17, 15) is 14.7 Å². The van der Waals surface area contributed by atoms with Crippen molar-refractivity contribution in [1.29, 1.82) is 0 Å². The Morgan fingerprint density at radius 2 is 1.90 bits per heavy atom. The van der Waals surface area contributed by atoms with Gasteiger partial charge in [-0.1, -0.05) is 43.3 Å². The predicted octanol–water partition coefficient (Wildman–Crippen LogP) is 4.29. The van der Waals surface area contributed by atoms with Crippen molar-refractivity contribution in [3.05, 3.63) is 52.9 Å². The number of piperidine rings is 1. The average molecular weight is 696 g/mol. The van der Waals surface area contributed by atoms with Gasteiger partial charge in [0.2, 0.25) is 11.8 Å². The molecule has 13 heteroatoms. The maximum absolute atomic E-state index is 15.4. The number of rotatable bonds is 10. The Hall–Kier alpha value is -3.39. The van der Waals surface area contributed by atoms with Crippen LogP contribution in [0.2, 0.25) is 0 Å². The predicted molar refractivity (Wildman–Crippen MR) is 188 cm³/mol. The van der Waals surface area contributed by atoms with Crippen LogP contribution in [0.5, 0.6) is 0 Å². The maximum atomic E-state index is 15.4. The molecule has 0 spiro atoms. The third-order valence-corrected chi connectivity index (χ3v) is 11.4. The number of piperazine rings is 1. The summed E-state index contributed by atoms with van der Waals surface area (Å²) in [6, 6.07) is 8.91. The number of aliphatic hydroxyl groups is 1. The minimum atomic E-state index is -1.16. The van der Waals surface area contributed by atoms with E-state index in [0.717, 1.165) is 21.7 Å². The Balaban J connectivity index is 1.10. The molecule has 11 nitrogen and oxygen atoms in total. The van der Waals surface area contributed by atoms with E-state index in [-0.39, 0.29) is 42.8 Å². The second-order valence-electron chi connectivity index (χ2n) is 14.5. The van der Waals surface area contributed by atoms with Crippen molar-refractivity contribution in [2.45, 2.75) is 89.7 Å². The van der Waals surface area contributed by atoms with Gasteiger partial charge in [0.05, 0.1) is 28.2 Å². The Bertz CT molecular complexity index is 1590. The maximum Gasteiger partial charge on any atom is 0.243 e. The molecule has 3 N–H and O–H groups in total. The smallest absolute Gasteiger partial charge is 0.243 e. The van der Waals surface area contributed by atoms with Gasteiger partial charge >= 0.3 is 0 Å². The van der Waals surface area contributed by atoms with Crippen molar-refractivity contribution >= 4 is 29.0 Å². The normalized spacial score (nSPS) is 24.3. The summed E-state index contributed by atoms with van der Waals surface area (Å²) in [5, 5.41) is 21.3. The van der Waals surface area contributed by atoms with Gasteiger partial charge in [0.15, 0.2) is 11.6 Å². The van der Waals surface area contributed by atoms with Crippen molar-refractivity contribution in [3.8, 4) is 10.4 Å². The molecule has 6 rings (SSSR count). The Labute approximate surface area is 292 Å². The minimum absolute atomic E-state index is 0.0734. The molecule has 3 fully saturated rings. The van der Waals surface area contributed by atoms with Crippen molar-refractivity contribution in [3.63, 3.8) is 0 Å². The van der Waals surface area contributed by atoms with Crippen LogP contribution in [-0.2, 0) is 9.59 Å². The summed E-state index contributed by atoms with van der Waals surface area (Å²) in [6.07, 6.45) is 0.435. The number of benzene rings is 1. The second kappa shape index (κ2) is 14.8. The lowest BCUT2D eigenvalue weighted by Crippen LogP contribution is -2.57. The summed E-state index contributed by atoms with van der Waals surface area (Å²) >= 11 is 1.59. The molecule has 3 saturated heterocycles. The Morgan fingerprint density at radius 1 is 1.16 bits per heavy atom. The number of hydrogen-bond acceptors (Lipinski definition) is 10. The van der Waals surface area contributed by atoms with E-state index in [4.69, 9.17) is 4.52 Å². The minimum Gasteiger partial charge on any atom is -0.391 e. The van der Waals surface area contributed by atoms with E-state index < -0.39 is 23.7 Å². The van der Waals surface area contributed by atoms with Gasteiger partial charge in [-0.05, 0) is 63.7 Å². The number of carbonyl (C=O) groups excluding carboxylic acids is 2. The Kier molecular flexibility index (Phi) is 10.7. The first-order chi connectivity index (χ1) is 23.4. The highest BCUT2D eigenvalue weighted by Crippen LogP contribution is 2.34. The summed E-state index contributed by atoms with van der Waals surface area (Å²) in [6.45, 7) is 13.9. The topological polar surface area (TPSA) is 127 Å². The van der Waals surface area contributed by atoms with Crippen molar-refractivity contribution in [2.24, 2.45) is 5.92 Å². The van der Waals surface area contributed by atoms with E-state index >= 15 is 4.39 Å². The molecule has 49 heavy (non-hydrogen) atoms. The van der Waals surface area contributed by atoms with Gasteiger partial charge < -0.3 is 30.1 Å². The Morgan fingerprint density at radius 3 is 2.55 bits per heavy atom. The first kappa shape index (κ1) is 35.4. The summed E-state index contributed by atoms with van der Waals surface area (Å²) in [4.78, 5) is 39.1. The molecule has 3 aromatic rings. The third kappa shape index (κ3) is 7.84. The lowest BCUT2D eigenvalue weighted by Gasteiger charge is -2.43. The molecule has 3 aliphatic rings. The number of anilines is 1. The molecule has 2 amide bonds. The molecule has 0 radical (unpaired) electrons. The quantitative estimate of drug-likeness (QED) is 0.285. The number of thiazole rings is 1. The first-order valence-corrected chi connectivity index (χ1v) is 18.4. The summed E-state index contributed by atoms with van der Waals surface area (Å²) < 4.78 is 21.3. The van der Waals surface area contributed by atoms with E-state index in [1.54, 1.807) is 11.3 Å². The molecule has 0 saturated carbocycles. The number of aryl methyl sites for hydroxylation is 1. The molecular formula is C36H50FN7O4S. The fourth-order valence-electron chi connectivity index (χ4n) is 7.53. The SMILES string of the molecule is Cc1ncsc1-c1ccc(C(C)NC(=O)[C@@H]2C[C@@H](O)CN2C(=O)C(c2cc(N3CCN(CC4(F)CCNCC4)[C@H](C)C3)no2)C(C)C)cc1. The highest BCUT2D eigenvalue weighted by molar-refractivity contribution is 7.13. The lowest BCUT2D eigenvalue weighted by atomic mass is 9.91.